The molecule has 0 radical (unpaired) electrons. The molecule has 27 heavy (non-hydrogen) atoms. The number of ether oxygens (including phenoxy) is 4. The molecule has 0 saturated carbocycles. The first kappa shape index (κ1) is 18.8. The van der Waals surface area contributed by atoms with Crippen molar-refractivity contribution in [3.63, 3.8) is 0 Å². The SMILES string of the molecule is COc1cc(/C=C/c2cc(OC(C)=O)c3ccsc3c2)cc(OC)c1OC. The van der Waals surface area contributed by atoms with Crippen LogP contribution in [0.5, 0.6) is 23.0 Å². The predicted octanol–water partition coefficient (Wildman–Crippen LogP) is 5.02. The number of thiophene rings is 1. The molecule has 3 rings (SSSR count). The van der Waals surface area contributed by atoms with Gasteiger partial charge < -0.3 is 18.9 Å². The Morgan fingerprint density at radius 3 is 2.04 bits per heavy atom. The highest BCUT2D eigenvalue weighted by atomic mass is 32.1. The molecule has 0 aliphatic heterocycles. The van der Waals surface area contributed by atoms with Gasteiger partial charge in [-0.15, -0.1) is 11.3 Å². The first-order chi connectivity index (χ1) is 13.0. The van der Waals surface area contributed by atoms with Crippen molar-refractivity contribution in [2.24, 2.45) is 0 Å². The standard InChI is InChI=1S/C21H20O5S/c1-13(22)26-17-9-15(12-20-16(17)7-8-27-20)6-5-14-10-18(23-2)21(25-4)19(11-14)24-3/h5-12H,1-4H3/b6-5+. The van der Waals surface area contributed by atoms with Crippen molar-refractivity contribution >= 4 is 39.5 Å². The van der Waals surface area contributed by atoms with Crippen LogP contribution in [0, 0.1) is 0 Å². The number of fused-ring (bicyclic) bond motifs is 1. The quantitative estimate of drug-likeness (QED) is 0.339. The lowest BCUT2D eigenvalue weighted by Gasteiger charge is -2.12. The Hall–Kier alpha value is -2.99. The van der Waals surface area contributed by atoms with E-state index in [4.69, 9.17) is 18.9 Å². The Labute approximate surface area is 161 Å². The molecule has 0 saturated heterocycles. The van der Waals surface area contributed by atoms with Crippen molar-refractivity contribution in [3.8, 4) is 23.0 Å². The van der Waals surface area contributed by atoms with E-state index in [1.54, 1.807) is 32.7 Å². The van der Waals surface area contributed by atoms with Crippen molar-refractivity contribution in [2.75, 3.05) is 21.3 Å². The first-order valence-corrected chi connectivity index (χ1v) is 9.11. The number of hydrogen-bond donors (Lipinski definition) is 0. The van der Waals surface area contributed by atoms with Crippen LogP contribution in [-0.4, -0.2) is 27.3 Å². The summed E-state index contributed by atoms with van der Waals surface area (Å²) in [7, 11) is 4.74. The summed E-state index contributed by atoms with van der Waals surface area (Å²) >= 11 is 1.60. The van der Waals surface area contributed by atoms with Crippen LogP contribution < -0.4 is 18.9 Å². The minimum atomic E-state index is -0.340. The molecule has 0 unspecified atom stereocenters. The van der Waals surface area contributed by atoms with Gasteiger partial charge >= 0.3 is 5.97 Å². The fourth-order valence-corrected chi connectivity index (χ4v) is 3.63. The van der Waals surface area contributed by atoms with Crippen LogP contribution in [0.4, 0.5) is 0 Å². The molecule has 0 spiro atoms. The number of carbonyl (C=O) groups is 1. The molecule has 0 aliphatic rings. The Morgan fingerprint density at radius 2 is 1.48 bits per heavy atom. The summed E-state index contributed by atoms with van der Waals surface area (Å²) in [4.78, 5) is 11.4. The Kier molecular flexibility index (Phi) is 5.66. The van der Waals surface area contributed by atoms with Crippen LogP contribution in [0.2, 0.25) is 0 Å². The largest absolute Gasteiger partial charge is 0.493 e. The number of benzene rings is 2. The average molecular weight is 384 g/mol. The Morgan fingerprint density at radius 1 is 0.889 bits per heavy atom. The van der Waals surface area contributed by atoms with E-state index >= 15 is 0 Å². The molecule has 6 heteroatoms. The molecular formula is C21H20O5S. The lowest BCUT2D eigenvalue weighted by Crippen LogP contribution is -2.01. The fourth-order valence-electron chi connectivity index (χ4n) is 2.78. The summed E-state index contributed by atoms with van der Waals surface area (Å²) in [6.45, 7) is 1.40. The Bertz CT molecular complexity index is 978. The van der Waals surface area contributed by atoms with E-state index in [0.29, 0.717) is 23.0 Å². The number of rotatable bonds is 6. The number of esters is 1. The van der Waals surface area contributed by atoms with Gasteiger partial charge in [-0.25, -0.2) is 0 Å². The van der Waals surface area contributed by atoms with Crippen LogP contribution in [0.3, 0.4) is 0 Å². The van der Waals surface area contributed by atoms with E-state index in [2.05, 4.69) is 6.07 Å². The second-order valence-electron chi connectivity index (χ2n) is 5.74. The fraction of sp³-hybridized carbons (Fsp3) is 0.190. The number of carbonyl (C=O) groups excluding carboxylic acids is 1. The van der Waals surface area contributed by atoms with Gasteiger partial charge in [0.1, 0.15) is 5.75 Å². The first-order valence-electron chi connectivity index (χ1n) is 8.23. The molecule has 2 aromatic carbocycles. The maximum atomic E-state index is 11.4. The number of methoxy groups -OCH3 is 3. The monoisotopic (exact) mass is 384 g/mol. The van der Waals surface area contributed by atoms with Crippen molar-refractivity contribution < 1.29 is 23.7 Å². The van der Waals surface area contributed by atoms with Gasteiger partial charge in [-0.2, -0.15) is 0 Å². The summed E-state index contributed by atoms with van der Waals surface area (Å²) in [6.07, 6.45) is 3.89. The molecule has 0 bridgehead atoms. The second-order valence-corrected chi connectivity index (χ2v) is 6.68. The number of hydrogen-bond acceptors (Lipinski definition) is 6. The lowest BCUT2D eigenvalue weighted by atomic mass is 10.1. The third-order valence-corrected chi connectivity index (χ3v) is 4.83. The molecule has 5 nitrogen and oxygen atoms in total. The van der Waals surface area contributed by atoms with Crippen LogP contribution in [0.1, 0.15) is 18.1 Å². The van der Waals surface area contributed by atoms with Gasteiger partial charge in [0, 0.05) is 17.0 Å². The van der Waals surface area contributed by atoms with E-state index in [1.165, 1.54) is 6.92 Å². The minimum absolute atomic E-state index is 0.340. The van der Waals surface area contributed by atoms with E-state index in [-0.39, 0.29) is 5.97 Å². The maximum absolute atomic E-state index is 11.4. The topological polar surface area (TPSA) is 54.0 Å². The zero-order valence-electron chi connectivity index (χ0n) is 15.6. The summed E-state index contributed by atoms with van der Waals surface area (Å²) in [5.41, 5.74) is 1.82. The Balaban J connectivity index is 1.99. The highest BCUT2D eigenvalue weighted by Gasteiger charge is 2.12. The van der Waals surface area contributed by atoms with E-state index in [0.717, 1.165) is 21.2 Å². The molecule has 1 heterocycles. The van der Waals surface area contributed by atoms with Crippen LogP contribution in [0.15, 0.2) is 35.7 Å². The zero-order valence-corrected chi connectivity index (χ0v) is 16.4. The van der Waals surface area contributed by atoms with Gasteiger partial charge in [0.25, 0.3) is 0 Å². The van der Waals surface area contributed by atoms with Gasteiger partial charge in [0.05, 0.1) is 21.3 Å². The van der Waals surface area contributed by atoms with Crippen molar-refractivity contribution in [1.29, 1.82) is 0 Å². The van der Waals surface area contributed by atoms with Gasteiger partial charge in [-0.1, -0.05) is 12.2 Å². The van der Waals surface area contributed by atoms with Crippen molar-refractivity contribution in [3.05, 3.63) is 46.8 Å². The molecule has 140 valence electrons. The van der Waals surface area contributed by atoms with Crippen LogP contribution >= 0.6 is 11.3 Å². The van der Waals surface area contributed by atoms with Crippen molar-refractivity contribution in [1.82, 2.24) is 0 Å². The van der Waals surface area contributed by atoms with Crippen molar-refractivity contribution in [2.45, 2.75) is 6.92 Å². The van der Waals surface area contributed by atoms with Gasteiger partial charge in [-0.05, 0) is 46.8 Å². The predicted molar refractivity (Wildman–Crippen MR) is 108 cm³/mol. The summed E-state index contributed by atoms with van der Waals surface area (Å²) in [6, 6.07) is 9.60. The molecule has 0 amide bonds. The summed E-state index contributed by atoms with van der Waals surface area (Å²) < 4.78 is 22.5. The molecule has 1 aromatic heterocycles. The zero-order chi connectivity index (χ0) is 19.4. The van der Waals surface area contributed by atoms with Crippen LogP contribution in [-0.2, 0) is 4.79 Å². The molecule has 0 atom stereocenters. The van der Waals surface area contributed by atoms with Gasteiger partial charge in [0.15, 0.2) is 11.5 Å². The molecular weight excluding hydrogens is 364 g/mol. The summed E-state index contributed by atoms with van der Waals surface area (Å²) in [5, 5.41) is 2.91. The summed E-state index contributed by atoms with van der Waals surface area (Å²) in [5.74, 6) is 1.95. The van der Waals surface area contributed by atoms with Crippen LogP contribution in [0.25, 0.3) is 22.2 Å². The second kappa shape index (κ2) is 8.14. The van der Waals surface area contributed by atoms with Gasteiger partial charge in [0.2, 0.25) is 5.75 Å². The third-order valence-electron chi connectivity index (χ3n) is 3.97. The highest BCUT2D eigenvalue weighted by Crippen LogP contribution is 2.39. The van der Waals surface area contributed by atoms with E-state index < -0.39 is 0 Å². The lowest BCUT2D eigenvalue weighted by molar-refractivity contribution is -0.131. The minimum Gasteiger partial charge on any atom is -0.493 e. The molecule has 0 aliphatic carbocycles. The van der Waals surface area contributed by atoms with E-state index in [9.17, 15) is 4.79 Å². The third kappa shape index (κ3) is 4.06. The van der Waals surface area contributed by atoms with Gasteiger partial charge in [-0.3, -0.25) is 4.79 Å². The maximum Gasteiger partial charge on any atom is 0.308 e. The smallest absolute Gasteiger partial charge is 0.308 e. The molecule has 0 N–H and O–H groups in total. The normalized spacial score (nSPS) is 11.0. The highest BCUT2D eigenvalue weighted by molar-refractivity contribution is 7.17. The molecule has 0 fully saturated rings. The van der Waals surface area contributed by atoms with E-state index in [1.807, 2.05) is 41.8 Å². The average Bonchev–Trinajstić information content (AvgIpc) is 3.13. The molecule has 3 aromatic rings.